The Morgan fingerprint density at radius 2 is 1.86 bits per heavy atom. The van der Waals surface area contributed by atoms with Crippen LogP contribution in [-0.2, 0) is 0 Å². The zero-order chi connectivity index (χ0) is 14.8. The van der Waals surface area contributed by atoms with Gasteiger partial charge in [0.05, 0.1) is 5.69 Å². The van der Waals surface area contributed by atoms with Crippen LogP contribution >= 0.6 is 0 Å². The summed E-state index contributed by atoms with van der Waals surface area (Å²) in [4.78, 5) is 4.13. The van der Waals surface area contributed by atoms with E-state index in [1.165, 1.54) is 23.4 Å². The molecule has 21 heavy (non-hydrogen) atoms. The van der Waals surface area contributed by atoms with E-state index in [0.717, 1.165) is 31.7 Å². The normalized spacial score (nSPS) is 16.1. The summed E-state index contributed by atoms with van der Waals surface area (Å²) >= 11 is 0. The second-order valence-electron chi connectivity index (χ2n) is 5.32. The first-order valence-electron chi connectivity index (χ1n) is 7.10. The molecule has 3 rings (SSSR count). The Balaban J connectivity index is 1.91. The van der Waals surface area contributed by atoms with E-state index in [9.17, 15) is 13.2 Å². The molecule has 0 atom stereocenters. The highest BCUT2D eigenvalue weighted by molar-refractivity contribution is 5.43. The van der Waals surface area contributed by atoms with Crippen LogP contribution in [-0.4, -0.2) is 15.6 Å². The molecule has 0 amide bonds. The number of nitrogens with one attached hydrogen (secondary N) is 1. The molecule has 1 saturated carbocycles. The molecule has 1 aromatic heterocycles. The van der Waals surface area contributed by atoms with Gasteiger partial charge in [-0.05, 0) is 12.8 Å². The molecule has 2 aromatic rings. The van der Waals surface area contributed by atoms with E-state index in [4.69, 9.17) is 0 Å². The molecular weight excluding hydrogens is 279 g/mol. The minimum atomic E-state index is -1.21. The molecule has 6 heteroatoms. The fourth-order valence-corrected chi connectivity index (χ4v) is 2.75. The fourth-order valence-electron chi connectivity index (χ4n) is 2.75. The third kappa shape index (κ3) is 2.89. The van der Waals surface area contributed by atoms with Gasteiger partial charge in [-0.15, -0.1) is 0 Å². The van der Waals surface area contributed by atoms with Gasteiger partial charge in [-0.2, -0.15) is 0 Å². The molecule has 0 saturated heterocycles. The van der Waals surface area contributed by atoms with Crippen LogP contribution in [0.4, 0.5) is 19.1 Å². The fraction of sp³-hybridized carbons (Fsp3) is 0.400. The van der Waals surface area contributed by atoms with Crippen LogP contribution in [0.15, 0.2) is 24.5 Å². The maximum atomic E-state index is 13.9. The smallest absolute Gasteiger partial charge is 0.207 e. The zero-order valence-corrected chi connectivity index (χ0v) is 11.5. The third-order valence-electron chi connectivity index (χ3n) is 3.81. The van der Waals surface area contributed by atoms with Gasteiger partial charge in [0.2, 0.25) is 5.95 Å². The molecule has 1 aliphatic carbocycles. The van der Waals surface area contributed by atoms with Crippen molar-refractivity contribution in [3.63, 3.8) is 0 Å². The van der Waals surface area contributed by atoms with Crippen molar-refractivity contribution in [3.05, 3.63) is 42.0 Å². The van der Waals surface area contributed by atoms with E-state index in [1.807, 2.05) is 0 Å². The van der Waals surface area contributed by atoms with Gasteiger partial charge >= 0.3 is 0 Å². The van der Waals surface area contributed by atoms with Crippen molar-refractivity contribution in [1.82, 2.24) is 9.55 Å². The summed E-state index contributed by atoms with van der Waals surface area (Å²) in [6.07, 6.45) is 8.51. The van der Waals surface area contributed by atoms with Gasteiger partial charge in [-0.1, -0.05) is 19.3 Å². The minimum Gasteiger partial charge on any atom is -0.353 e. The standard InChI is InChI=1S/C15H16F3N3/c16-10-8-12(17)14(18)13(9-10)21-7-6-19-15(21)20-11-4-2-1-3-5-11/h6-9,11H,1-5H2,(H,19,20). The number of hydrogen-bond donors (Lipinski definition) is 1. The predicted octanol–water partition coefficient (Wildman–Crippen LogP) is 4.03. The Hall–Kier alpha value is -1.98. The van der Waals surface area contributed by atoms with Crippen molar-refractivity contribution < 1.29 is 13.2 Å². The van der Waals surface area contributed by atoms with E-state index in [1.54, 1.807) is 0 Å². The zero-order valence-electron chi connectivity index (χ0n) is 11.5. The SMILES string of the molecule is Fc1cc(F)c(F)c(-n2ccnc2NC2CCCCC2)c1. The van der Waals surface area contributed by atoms with E-state index in [2.05, 4.69) is 10.3 Å². The van der Waals surface area contributed by atoms with Gasteiger partial charge in [0.15, 0.2) is 11.6 Å². The number of aromatic nitrogens is 2. The quantitative estimate of drug-likeness (QED) is 0.866. The van der Waals surface area contributed by atoms with Gasteiger partial charge in [0, 0.05) is 30.6 Å². The molecule has 1 fully saturated rings. The Labute approximate surface area is 120 Å². The summed E-state index contributed by atoms with van der Waals surface area (Å²) in [7, 11) is 0. The summed E-state index contributed by atoms with van der Waals surface area (Å²) in [6, 6.07) is 1.76. The van der Waals surface area contributed by atoms with E-state index in [-0.39, 0.29) is 11.7 Å². The highest BCUT2D eigenvalue weighted by Crippen LogP contribution is 2.25. The number of imidazole rings is 1. The van der Waals surface area contributed by atoms with E-state index < -0.39 is 17.5 Å². The molecule has 0 aliphatic heterocycles. The predicted molar refractivity (Wildman–Crippen MR) is 73.9 cm³/mol. The van der Waals surface area contributed by atoms with Crippen LogP contribution < -0.4 is 5.32 Å². The van der Waals surface area contributed by atoms with Gasteiger partial charge in [0.25, 0.3) is 0 Å². The van der Waals surface area contributed by atoms with Gasteiger partial charge in [0.1, 0.15) is 5.82 Å². The van der Waals surface area contributed by atoms with Gasteiger partial charge in [-0.25, -0.2) is 18.2 Å². The molecule has 0 bridgehead atoms. The molecule has 1 N–H and O–H groups in total. The topological polar surface area (TPSA) is 29.9 Å². The number of anilines is 1. The molecule has 0 spiro atoms. The van der Waals surface area contributed by atoms with Gasteiger partial charge in [-0.3, -0.25) is 4.57 Å². The van der Waals surface area contributed by atoms with Crippen molar-refractivity contribution in [2.24, 2.45) is 0 Å². The molecule has 1 heterocycles. The first-order chi connectivity index (χ1) is 10.1. The van der Waals surface area contributed by atoms with Crippen LogP contribution in [0.25, 0.3) is 5.69 Å². The molecular formula is C15H16F3N3. The van der Waals surface area contributed by atoms with Crippen LogP contribution in [0.5, 0.6) is 0 Å². The summed E-state index contributed by atoms with van der Waals surface area (Å²) in [6.45, 7) is 0. The maximum absolute atomic E-state index is 13.9. The number of hydrogen-bond acceptors (Lipinski definition) is 2. The average molecular weight is 295 g/mol. The molecule has 3 nitrogen and oxygen atoms in total. The van der Waals surface area contributed by atoms with Crippen molar-refractivity contribution in [3.8, 4) is 5.69 Å². The molecule has 0 unspecified atom stereocenters. The molecule has 1 aliphatic rings. The number of halogens is 3. The Morgan fingerprint density at radius 1 is 1.10 bits per heavy atom. The monoisotopic (exact) mass is 295 g/mol. The first-order valence-corrected chi connectivity index (χ1v) is 7.10. The number of nitrogens with zero attached hydrogens (tertiary/aromatic N) is 2. The Morgan fingerprint density at radius 3 is 2.62 bits per heavy atom. The second kappa shape index (κ2) is 5.79. The Bertz CT molecular complexity index is 633. The second-order valence-corrected chi connectivity index (χ2v) is 5.32. The van der Waals surface area contributed by atoms with Gasteiger partial charge < -0.3 is 5.32 Å². The lowest BCUT2D eigenvalue weighted by atomic mass is 9.96. The van der Waals surface area contributed by atoms with Crippen molar-refractivity contribution in [1.29, 1.82) is 0 Å². The van der Waals surface area contributed by atoms with Crippen molar-refractivity contribution in [2.75, 3.05) is 5.32 Å². The lowest BCUT2D eigenvalue weighted by Crippen LogP contribution is -2.24. The van der Waals surface area contributed by atoms with Crippen molar-refractivity contribution >= 4 is 5.95 Å². The molecule has 112 valence electrons. The minimum absolute atomic E-state index is 0.177. The highest BCUT2D eigenvalue weighted by Gasteiger charge is 2.18. The summed E-state index contributed by atoms with van der Waals surface area (Å²) in [5.41, 5.74) is -0.177. The largest absolute Gasteiger partial charge is 0.353 e. The van der Waals surface area contributed by atoms with Crippen LogP contribution in [0.3, 0.4) is 0 Å². The number of rotatable bonds is 3. The Kier molecular flexibility index (Phi) is 3.86. The van der Waals surface area contributed by atoms with Crippen LogP contribution in [0.1, 0.15) is 32.1 Å². The van der Waals surface area contributed by atoms with Crippen LogP contribution in [0.2, 0.25) is 0 Å². The average Bonchev–Trinajstić information content (AvgIpc) is 2.92. The summed E-state index contributed by atoms with van der Waals surface area (Å²) in [5, 5.41) is 3.23. The summed E-state index contributed by atoms with van der Waals surface area (Å²) < 4.78 is 41.9. The highest BCUT2D eigenvalue weighted by atomic mass is 19.2. The lowest BCUT2D eigenvalue weighted by Gasteiger charge is -2.23. The lowest BCUT2D eigenvalue weighted by molar-refractivity contribution is 0.459. The van der Waals surface area contributed by atoms with E-state index >= 15 is 0 Å². The molecule has 0 radical (unpaired) electrons. The molecule has 1 aromatic carbocycles. The maximum Gasteiger partial charge on any atom is 0.207 e. The first kappa shape index (κ1) is 14.0. The van der Waals surface area contributed by atoms with E-state index in [0.29, 0.717) is 12.0 Å². The summed E-state index contributed by atoms with van der Waals surface area (Å²) in [5.74, 6) is -2.70. The number of benzene rings is 1. The third-order valence-corrected chi connectivity index (χ3v) is 3.81. The van der Waals surface area contributed by atoms with Crippen LogP contribution in [0, 0.1) is 17.5 Å². The van der Waals surface area contributed by atoms with Crippen molar-refractivity contribution in [2.45, 2.75) is 38.1 Å².